The maximum Gasteiger partial charge on any atom is 0.224 e. The van der Waals surface area contributed by atoms with Crippen molar-refractivity contribution in [2.45, 2.75) is 39.5 Å². The summed E-state index contributed by atoms with van der Waals surface area (Å²) in [6, 6.07) is 0. The maximum absolute atomic E-state index is 11.9. The van der Waals surface area contributed by atoms with E-state index in [-0.39, 0.29) is 18.3 Å². The van der Waals surface area contributed by atoms with Crippen molar-refractivity contribution in [1.82, 2.24) is 15.5 Å². The third-order valence-corrected chi connectivity index (χ3v) is 3.63. The minimum Gasteiger partial charge on any atom is -0.323 e. The quantitative estimate of drug-likeness (QED) is 0.794. The number of H-pyrrole nitrogens is 1. The number of nitrogens with one attached hydrogen (secondary N) is 3. The molecule has 108 valence electrons. The van der Waals surface area contributed by atoms with E-state index >= 15 is 0 Å². The molecular weight excluding hydrogens is 264 g/mol. The van der Waals surface area contributed by atoms with Crippen LogP contribution in [0.3, 0.4) is 0 Å². The molecular formula is C13H23ClN4O. The number of carbonyl (C=O) groups excluding carboxylic acids is 1. The highest BCUT2D eigenvalue weighted by Crippen LogP contribution is 2.20. The number of carbonyl (C=O) groups is 1. The van der Waals surface area contributed by atoms with Crippen LogP contribution in [0.4, 0.5) is 5.69 Å². The van der Waals surface area contributed by atoms with Crippen molar-refractivity contribution in [2.24, 2.45) is 5.92 Å². The maximum atomic E-state index is 11.9. The molecule has 3 N–H and O–H groups in total. The number of rotatable bonds is 4. The Morgan fingerprint density at radius 3 is 2.63 bits per heavy atom. The molecule has 19 heavy (non-hydrogen) atoms. The van der Waals surface area contributed by atoms with Crippen LogP contribution in [0.2, 0.25) is 0 Å². The van der Waals surface area contributed by atoms with Gasteiger partial charge in [-0.15, -0.1) is 12.4 Å². The van der Waals surface area contributed by atoms with E-state index in [9.17, 15) is 4.79 Å². The molecule has 6 heteroatoms. The number of anilines is 1. The first-order chi connectivity index (χ1) is 8.66. The zero-order chi connectivity index (χ0) is 13.0. The van der Waals surface area contributed by atoms with Gasteiger partial charge >= 0.3 is 0 Å². The van der Waals surface area contributed by atoms with Gasteiger partial charge in [0.15, 0.2) is 0 Å². The minimum absolute atomic E-state index is 0. The predicted molar refractivity (Wildman–Crippen MR) is 78.8 cm³/mol. The number of halogens is 1. The Morgan fingerprint density at radius 1 is 1.37 bits per heavy atom. The molecule has 0 radical (unpaired) electrons. The molecule has 0 saturated carbocycles. The third kappa shape index (κ3) is 4.51. The Labute approximate surface area is 120 Å². The molecule has 1 fully saturated rings. The van der Waals surface area contributed by atoms with Gasteiger partial charge in [0.1, 0.15) is 0 Å². The number of aromatic nitrogens is 2. The average molecular weight is 287 g/mol. The van der Waals surface area contributed by atoms with Gasteiger partial charge in [-0.3, -0.25) is 9.89 Å². The van der Waals surface area contributed by atoms with E-state index in [1.807, 2.05) is 13.8 Å². The van der Waals surface area contributed by atoms with Crippen LogP contribution in [0.1, 0.15) is 37.1 Å². The summed E-state index contributed by atoms with van der Waals surface area (Å²) in [4.78, 5) is 11.9. The van der Waals surface area contributed by atoms with Crippen LogP contribution in [0, 0.1) is 19.8 Å². The van der Waals surface area contributed by atoms with E-state index in [0.29, 0.717) is 12.3 Å². The van der Waals surface area contributed by atoms with Crippen LogP contribution >= 0.6 is 12.4 Å². The number of hydrogen-bond acceptors (Lipinski definition) is 3. The first-order valence-corrected chi connectivity index (χ1v) is 6.69. The second-order valence-electron chi connectivity index (χ2n) is 5.09. The van der Waals surface area contributed by atoms with Crippen molar-refractivity contribution < 1.29 is 4.79 Å². The Balaban J connectivity index is 0.00000180. The summed E-state index contributed by atoms with van der Waals surface area (Å²) in [5.41, 5.74) is 2.61. The normalized spacial score (nSPS) is 15.9. The van der Waals surface area contributed by atoms with Crippen molar-refractivity contribution in [2.75, 3.05) is 18.4 Å². The van der Waals surface area contributed by atoms with Gasteiger partial charge in [-0.25, -0.2) is 0 Å². The fourth-order valence-corrected chi connectivity index (χ4v) is 2.44. The molecule has 1 saturated heterocycles. The molecule has 0 aliphatic carbocycles. The van der Waals surface area contributed by atoms with Gasteiger partial charge < -0.3 is 10.6 Å². The van der Waals surface area contributed by atoms with Gasteiger partial charge in [0.25, 0.3) is 0 Å². The molecule has 2 heterocycles. The lowest BCUT2D eigenvalue weighted by molar-refractivity contribution is -0.116. The molecule has 2 rings (SSSR count). The van der Waals surface area contributed by atoms with Crippen LogP contribution in [0.15, 0.2) is 0 Å². The van der Waals surface area contributed by atoms with Crippen molar-refractivity contribution >= 4 is 24.0 Å². The summed E-state index contributed by atoms with van der Waals surface area (Å²) < 4.78 is 0. The lowest BCUT2D eigenvalue weighted by Gasteiger charge is -2.22. The second-order valence-corrected chi connectivity index (χ2v) is 5.09. The zero-order valence-corrected chi connectivity index (χ0v) is 12.4. The molecule has 0 atom stereocenters. The highest BCUT2D eigenvalue weighted by molar-refractivity contribution is 5.91. The van der Waals surface area contributed by atoms with Gasteiger partial charge in [0.2, 0.25) is 5.91 Å². The molecule has 1 aromatic rings. The fourth-order valence-electron chi connectivity index (χ4n) is 2.44. The van der Waals surface area contributed by atoms with Crippen LogP contribution in [0.25, 0.3) is 0 Å². The molecule has 5 nitrogen and oxygen atoms in total. The Hall–Kier alpha value is -1.07. The number of hydrogen-bond donors (Lipinski definition) is 3. The fraction of sp³-hybridized carbons (Fsp3) is 0.692. The minimum atomic E-state index is 0. The SMILES string of the molecule is Cc1n[nH]c(C)c1NC(=O)CCC1CCNCC1.Cl. The largest absolute Gasteiger partial charge is 0.323 e. The number of amides is 1. The molecule has 0 aromatic carbocycles. The van der Waals surface area contributed by atoms with Gasteiger partial charge in [0, 0.05) is 6.42 Å². The molecule has 0 bridgehead atoms. The van der Waals surface area contributed by atoms with E-state index in [1.165, 1.54) is 12.8 Å². The second kappa shape index (κ2) is 7.50. The van der Waals surface area contributed by atoms with E-state index in [1.54, 1.807) is 0 Å². The van der Waals surface area contributed by atoms with Crippen molar-refractivity contribution in [3.63, 3.8) is 0 Å². The first kappa shape index (κ1) is 16.0. The predicted octanol–water partition coefficient (Wildman–Crippen LogP) is 2.17. The van der Waals surface area contributed by atoms with Gasteiger partial charge in [-0.2, -0.15) is 5.10 Å². The highest BCUT2D eigenvalue weighted by atomic mass is 35.5. The number of nitrogens with zero attached hydrogens (tertiary/aromatic N) is 1. The summed E-state index contributed by atoms with van der Waals surface area (Å²) in [6.07, 6.45) is 3.98. The molecule has 1 aliphatic rings. The molecule has 1 aliphatic heterocycles. The lowest BCUT2D eigenvalue weighted by atomic mass is 9.93. The summed E-state index contributed by atoms with van der Waals surface area (Å²) >= 11 is 0. The smallest absolute Gasteiger partial charge is 0.224 e. The number of aromatic amines is 1. The standard InChI is InChI=1S/C13H22N4O.ClH/c1-9-13(10(2)17-16-9)15-12(18)4-3-11-5-7-14-8-6-11;/h11,14H,3-8H2,1-2H3,(H,15,18)(H,16,17);1H. The molecule has 1 aromatic heterocycles. The Morgan fingerprint density at radius 2 is 2.05 bits per heavy atom. The van der Waals surface area contributed by atoms with Crippen molar-refractivity contribution in [3.05, 3.63) is 11.4 Å². The lowest BCUT2D eigenvalue weighted by Crippen LogP contribution is -2.28. The van der Waals surface area contributed by atoms with Gasteiger partial charge in [0.05, 0.1) is 17.1 Å². The summed E-state index contributed by atoms with van der Waals surface area (Å²) in [6.45, 7) is 5.99. The molecule has 0 unspecified atom stereocenters. The van der Waals surface area contributed by atoms with E-state index in [2.05, 4.69) is 20.8 Å². The van der Waals surface area contributed by atoms with Gasteiger partial charge in [-0.05, 0) is 52.1 Å². The first-order valence-electron chi connectivity index (χ1n) is 6.69. The summed E-state index contributed by atoms with van der Waals surface area (Å²) in [5, 5.41) is 13.2. The average Bonchev–Trinajstić information content (AvgIpc) is 2.69. The number of piperidine rings is 1. The van der Waals surface area contributed by atoms with Crippen LogP contribution in [-0.4, -0.2) is 29.2 Å². The third-order valence-electron chi connectivity index (χ3n) is 3.63. The molecule has 0 spiro atoms. The monoisotopic (exact) mass is 286 g/mol. The molecule has 1 amide bonds. The highest BCUT2D eigenvalue weighted by Gasteiger charge is 2.15. The number of aryl methyl sites for hydroxylation is 2. The zero-order valence-electron chi connectivity index (χ0n) is 11.6. The van der Waals surface area contributed by atoms with Crippen LogP contribution in [0.5, 0.6) is 0 Å². The van der Waals surface area contributed by atoms with E-state index < -0.39 is 0 Å². The Bertz CT molecular complexity index is 393. The summed E-state index contributed by atoms with van der Waals surface area (Å²) in [5.74, 6) is 0.796. The van der Waals surface area contributed by atoms with E-state index in [4.69, 9.17) is 0 Å². The van der Waals surface area contributed by atoms with Crippen LogP contribution in [-0.2, 0) is 4.79 Å². The van der Waals surface area contributed by atoms with Crippen LogP contribution < -0.4 is 10.6 Å². The van der Waals surface area contributed by atoms with E-state index in [0.717, 1.165) is 36.6 Å². The van der Waals surface area contributed by atoms with Crippen molar-refractivity contribution in [1.29, 1.82) is 0 Å². The Kier molecular flexibility index (Phi) is 6.31. The van der Waals surface area contributed by atoms with Gasteiger partial charge in [-0.1, -0.05) is 0 Å². The topological polar surface area (TPSA) is 69.8 Å². The van der Waals surface area contributed by atoms with Crippen molar-refractivity contribution in [3.8, 4) is 0 Å². The summed E-state index contributed by atoms with van der Waals surface area (Å²) in [7, 11) is 0.